The van der Waals surface area contributed by atoms with E-state index in [0.717, 1.165) is 28.1 Å². The van der Waals surface area contributed by atoms with Gasteiger partial charge < -0.3 is 5.32 Å². The van der Waals surface area contributed by atoms with Crippen molar-refractivity contribution in [1.29, 1.82) is 0 Å². The van der Waals surface area contributed by atoms with E-state index in [2.05, 4.69) is 78.3 Å². The summed E-state index contributed by atoms with van der Waals surface area (Å²) in [5.74, 6) is 0. The molecule has 2 rings (SSSR count). The molecule has 0 unspecified atom stereocenters. The second kappa shape index (κ2) is 5.70. The molecule has 0 bridgehead atoms. The fourth-order valence-corrected chi connectivity index (χ4v) is 2.33. The molecule has 1 N–H and O–H groups in total. The molecule has 4 heteroatoms. The number of halogens is 1. The molecule has 2 aromatic rings. The van der Waals surface area contributed by atoms with Crippen molar-refractivity contribution in [2.75, 3.05) is 0 Å². The molecule has 0 spiro atoms. The Balaban J connectivity index is 2.39. The Morgan fingerprint density at radius 2 is 1.85 bits per heavy atom. The third kappa shape index (κ3) is 3.30. The highest BCUT2D eigenvalue weighted by Gasteiger charge is 2.14. The highest BCUT2D eigenvalue weighted by Crippen LogP contribution is 2.24. The van der Waals surface area contributed by atoms with Gasteiger partial charge in [0.05, 0.1) is 21.5 Å². The minimum Gasteiger partial charge on any atom is -0.308 e. The lowest BCUT2D eigenvalue weighted by atomic mass is 10.1. The Bertz CT molecular complexity index is 609. The lowest BCUT2D eigenvalue weighted by Gasteiger charge is -2.21. The maximum atomic E-state index is 4.63. The van der Waals surface area contributed by atoms with E-state index in [-0.39, 0.29) is 5.54 Å². The summed E-state index contributed by atoms with van der Waals surface area (Å²) in [5, 5.41) is 8.16. The quantitative estimate of drug-likeness (QED) is 0.913. The van der Waals surface area contributed by atoms with Crippen molar-refractivity contribution in [3.8, 4) is 5.69 Å². The number of benzene rings is 1. The zero-order valence-electron chi connectivity index (χ0n) is 12.8. The lowest BCUT2D eigenvalue weighted by molar-refractivity contribution is 0.424. The van der Waals surface area contributed by atoms with Gasteiger partial charge in [0.2, 0.25) is 0 Å². The maximum Gasteiger partial charge on any atom is 0.0743 e. The Kier molecular flexibility index (Phi) is 4.35. The average Bonchev–Trinajstić information content (AvgIpc) is 2.64. The Hall–Kier alpha value is -1.13. The van der Waals surface area contributed by atoms with Crippen LogP contribution in [0.3, 0.4) is 0 Å². The number of hydrogen-bond donors (Lipinski definition) is 1. The summed E-state index contributed by atoms with van der Waals surface area (Å²) in [4.78, 5) is 0. The van der Waals surface area contributed by atoms with Gasteiger partial charge in [-0.1, -0.05) is 18.2 Å². The summed E-state index contributed by atoms with van der Waals surface area (Å²) >= 11 is 3.59. The van der Waals surface area contributed by atoms with Crippen molar-refractivity contribution in [3.05, 3.63) is 45.7 Å². The van der Waals surface area contributed by atoms with E-state index in [1.54, 1.807) is 0 Å². The fourth-order valence-electron chi connectivity index (χ4n) is 2.09. The van der Waals surface area contributed by atoms with Gasteiger partial charge in [0.25, 0.3) is 0 Å². The molecule has 0 aliphatic heterocycles. The first-order valence-electron chi connectivity index (χ1n) is 6.84. The van der Waals surface area contributed by atoms with Crippen LogP contribution in [0.1, 0.15) is 37.7 Å². The summed E-state index contributed by atoms with van der Waals surface area (Å²) in [6.07, 6.45) is 0. The van der Waals surface area contributed by atoms with E-state index < -0.39 is 0 Å². The standard InChI is InChI=1S/C16H22BrN3/c1-11-15(17)12(2)20(19-11)14-9-7-6-8-13(14)10-18-16(3,4)5/h6-9,18H,10H2,1-5H3. The van der Waals surface area contributed by atoms with Crippen LogP contribution in [-0.2, 0) is 6.54 Å². The molecule has 0 radical (unpaired) electrons. The molecule has 1 aromatic heterocycles. The van der Waals surface area contributed by atoms with Gasteiger partial charge in [-0.3, -0.25) is 0 Å². The number of aryl methyl sites for hydroxylation is 1. The van der Waals surface area contributed by atoms with E-state index in [4.69, 9.17) is 0 Å². The van der Waals surface area contributed by atoms with Gasteiger partial charge in [-0.05, 0) is 62.2 Å². The van der Waals surface area contributed by atoms with Crippen LogP contribution in [0.4, 0.5) is 0 Å². The third-order valence-electron chi connectivity index (χ3n) is 3.23. The summed E-state index contributed by atoms with van der Waals surface area (Å²) in [7, 11) is 0. The number of aromatic nitrogens is 2. The summed E-state index contributed by atoms with van der Waals surface area (Å²) < 4.78 is 3.09. The largest absolute Gasteiger partial charge is 0.308 e. The molecule has 1 aromatic carbocycles. The first kappa shape index (κ1) is 15.3. The van der Waals surface area contributed by atoms with Gasteiger partial charge in [0.1, 0.15) is 0 Å². The molecular weight excluding hydrogens is 314 g/mol. The van der Waals surface area contributed by atoms with Gasteiger partial charge in [-0.15, -0.1) is 0 Å². The molecular formula is C16H22BrN3. The number of para-hydroxylation sites is 1. The van der Waals surface area contributed by atoms with Crippen LogP contribution >= 0.6 is 15.9 Å². The number of nitrogens with one attached hydrogen (secondary N) is 1. The van der Waals surface area contributed by atoms with Gasteiger partial charge in [-0.25, -0.2) is 4.68 Å². The lowest BCUT2D eigenvalue weighted by Crippen LogP contribution is -2.35. The first-order valence-corrected chi connectivity index (χ1v) is 7.64. The SMILES string of the molecule is Cc1nn(-c2ccccc2CNC(C)(C)C)c(C)c1Br. The topological polar surface area (TPSA) is 29.9 Å². The van der Waals surface area contributed by atoms with E-state index >= 15 is 0 Å². The van der Waals surface area contributed by atoms with Crippen LogP contribution in [0.5, 0.6) is 0 Å². The Morgan fingerprint density at radius 1 is 1.20 bits per heavy atom. The maximum absolute atomic E-state index is 4.63. The zero-order chi connectivity index (χ0) is 14.9. The third-order valence-corrected chi connectivity index (χ3v) is 4.38. The molecule has 0 atom stereocenters. The normalized spacial score (nSPS) is 11.9. The van der Waals surface area contributed by atoms with Gasteiger partial charge in [0, 0.05) is 12.1 Å². The first-order chi connectivity index (χ1) is 9.29. The van der Waals surface area contributed by atoms with Crippen molar-refractivity contribution in [2.45, 2.75) is 46.7 Å². The highest BCUT2D eigenvalue weighted by molar-refractivity contribution is 9.10. The number of rotatable bonds is 3. The summed E-state index contributed by atoms with van der Waals surface area (Å²) in [6.45, 7) is 11.5. The van der Waals surface area contributed by atoms with Crippen LogP contribution in [-0.4, -0.2) is 15.3 Å². The number of hydrogen-bond acceptors (Lipinski definition) is 2. The summed E-state index contributed by atoms with van der Waals surface area (Å²) in [5.41, 5.74) is 4.63. The molecule has 108 valence electrons. The van der Waals surface area contributed by atoms with Crippen LogP contribution in [0, 0.1) is 13.8 Å². The minimum atomic E-state index is 0.1000. The Morgan fingerprint density at radius 3 is 2.40 bits per heavy atom. The van der Waals surface area contributed by atoms with Gasteiger partial charge >= 0.3 is 0 Å². The van der Waals surface area contributed by atoms with Crippen molar-refractivity contribution in [3.63, 3.8) is 0 Å². The molecule has 3 nitrogen and oxygen atoms in total. The zero-order valence-corrected chi connectivity index (χ0v) is 14.4. The molecule has 0 saturated carbocycles. The van der Waals surface area contributed by atoms with E-state index in [9.17, 15) is 0 Å². The molecule has 0 aliphatic rings. The highest BCUT2D eigenvalue weighted by atomic mass is 79.9. The molecule has 20 heavy (non-hydrogen) atoms. The predicted octanol–water partition coefficient (Wildman–Crippen LogP) is 4.14. The number of nitrogens with zero attached hydrogens (tertiary/aromatic N) is 2. The molecule has 0 fully saturated rings. The van der Waals surface area contributed by atoms with Gasteiger partial charge in [0.15, 0.2) is 0 Å². The minimum absolute atomic E-state index is 0.1000. The van der Waals surface area contributed by atoms with E-state index in [1.165, 1.54) is 5.56 Å². The fraction of sp³-hybridized carbons (Fsp3) is 0.438. The molecule has 0 saturated heterocycles. The van der Waals surface area contributed by atoms with Crippen molar-refractivity contribution >= 4 is 15.9 Å². The van der Waals surface area contributed by atoms with E-state index in [1.807, 2.05) is 11.6 Å². The molecule has 1 heterocycles. The van der Waals surface area contributed by atoms with Crippen molar-refractivity contribution < 1.29 is 0 Å². The van der Waals surface area contributed by atoms with Gasteiger partial charge in [-0.2, -0.15) is 5.10 Å². The van der Waals surface area contributed by atoms with E-state index in [0.29, 0.717) is 0 Å². The monoisotopic (exact) mass is 335 g/mol. The summed E-state index contributed by atoms with van der Waals surface area (Å²) in [6, 6.07) is 8.40. The second-order valence-corrected chi connectivity index (χ2v) is 6.92. The van der Waals surface area contributed by atoms with Crippen LogP contribution in [0.15, 0.2) is 28.7 Å². The predicted molar refractivity (Wildman–Crippen MR) is 87.3 cm³/mol. The molecule has 0 amide bonds. The molecule has 0 aliphatic carbocycles. The van der Waals surface area contributed by atoms with Crippen LogP contribution in [0.2, 0.25) is 0 Å². The van der Waals surface area contributed by atoms with Crippen molar-refractivity contribution in [1.82, 2.24) is 15.1 Å². The average molecular weight is 336 g/mol. The van der Waals surface area contributed by atoms with Crippen LogP contribution in [0.25, 0.3) is 5.69 Å². The smallest absolute Gasteiger partial charge is 0.0743 e. The second-order valence-electron chi connectivity index (χ2n) is 6.13. The van der Waals surface area contributed by atoms with Crippen LogP contribution < -0.4 is 5.32 Å². The van der Waals surface area contributed by atoms with Crippen molar-refractivity contribution in [2.24, 2.45) is 0 Å². The Labute approximate surface area is 129 Å².